The molecule has 100 valence electrons. The van der Waals surface area contributed by atoms with Gasteiger partial charge in [-0.05, 0) is 12.1 Å². The van der Waals surface area contributed by atoms with Gasteiger partial charge in [-0.2, -0.15) is 15.0 Å². The van der Waals surface area contributed by atoms with Crippen LogP contribution >= 0.6 is 0 Å². The maximum absolute atomic E-state index is 5.64. The minimum absolute atomic E-state index is 0.207. The van der Waals surface area contributed by atoms with Crippen molar-refractivity contribution in [3.05, 3.63) is 30.1 Å². The molecule has 0 amide bonds. The van der Waals surface area contributed by atoms with Crippen LogP contribution in [0.5, 0.6) is 0 Å². The SMILES string of the molecule is CN(C)c1nc(N)nc(NCCc2ccccn2)n1. The Balaban J connectivity index is 1.96. The number of aromatic nitrogens is 4. The number of nitrogens with one attached hydrogen (secondary N) is 1. The summed E-state index contributed by atoms with van der Waals surface area (Å²) in [5.74, 6) is 1.22. The van der Waals surface area contributed by atoms with Gasteiger partial charge in [0.25, 0.3) is 0 Å². The average molecular weight is 259 g/mol. The van der Waals surface area contributed by atoms with Crippen LogP contribution in [0.3, 0.4) is 0 Å². The van der Waals surface area contributed by atoms with Crippen molar-refractivity contribution >= 4 is 17.8 Å². The summed E-state index contributed by atoms with van der Waals surface area (Å²) in [5.41, 5.74) is 6.66. The van der Waals surface area contributed by atoms with Crippen LogP contribution < -0.4 is 16.0 Å². The largest absolute Gasteiger partial charge is 0.368 e. The zero-order valence-electron chi connectivity index (χ0n) is 11.0. The molecule has 0 radical (unpaired) electrons. The van der Waals surface area contributed by atoms with Gasteiger partial charge in [0.15, 0.2) is 0 Å². The third-order valence-electron chi connectivity index (χ3n) is 2.43. The molecule has 0 aliphatic carbocycles. The molecular weight excluding hydrogens is 242 g/mol. The zero-order chi connectivity index (χ0) is 13.7. The summed E-state index contributed by atoms with van der Waals surface area (Å²) in [7, 11) is 3.71. The molecule has 19 heavy (non-hydrogen) atoms. The lowest BCUT2D eigenvalue weighted by Gasteiger charge is -2.12. The first-order valence-corrected chi connectivity index (χ1v) is 5.98. The average Bonchev–Trinajstić information content (AvgIpc) is 2.39. The molecule has 2 aromatic heterocycles. The van der Waals surface area contributed by atoms with Gasteiger partial charge in [0.1, 0.15) is 0 Å². The van der Waals surface area contributed by atoms with Gasteiger partial charge in [-0.1, -0.05) is 6.07 Å². The van der Waals surface area contributed by atoms with E-state index in [4.69, 9.17) is 5.73 Å². The monoisotopic (exact) mass is 259 g/mol. The minimum Gasteiger partial charge on any atom is -0.368 e. The number of nitrogens with zero attached hydrogens (tertiary/aromatic N) is 5. The van der Waals surface area contributed by atoms with Crippen molar-refractivity contribution in [1.29, 1.82) is 0 Å². The van der Waals surface area contributed by atoms with Gasteiger partial charge in [-0.15, -0.1) is 0 Å². The van der Waals surface area contributed by atoms with E-state index in [9.17, 15) is 0 Å². The van der Waals surface area contributed by atoms with Crippen LogP contribution in [0.1, 0.15) is 5.69 Å². The van der Waals surface area contributed by atoms with Crippen molar-refractivity contribution in [1.82, 2.24) is 19.9 Å². The fraction of sp³-hybridized carbons (Fsp3) is 0.333. The normalized spacial score (nSPS) is 10.2. The molecule has 0 unspecified atom stereocenters. The molecule has 7 nitrogen and oxygen atoms in total. The highest BCUT2D eigenvalue weighted by atomic mass is 15.3. The van der Waals surface area contributed by atoms with E-state index in [-0.39, 0.29) is 5.95 Å². The molecule has 2 rings (SSSR count). The van der Waals surface area contributed by atoms with Crippen LogP contribution in [0.2, 0.25) is 0 Å². The van der Waals surface area contributed by atoms with Crippen molar-refractivity contribution in [3.63, 3.8) is 0 Å². The predicted molar refractivity (Wildman–Crippen MR) is 75.0 cm³/mol. The molecule has 0 aromatic carbocycles. The van der Waals surface area contributed by atoms with Gasteiger partial charge < -0.3 is 16.0 Å². The second-order valence-corrected chi connectivity index (χ2v) is 4.21. The molecule has 3 N–H and O–H groups in total. The Hall–Kier alpha value is -2.44. The van der Waals surface area contributed by atoms with E-state index in [0.717, 1.165) is 12.1 Å². The van der Waals surface area contributed by atoms with Crippen molar-refractivity contribution in [3.8, 4) is 0 Å². The highest BCUT2D eigenvalue weighted by molar-refractivity contribution is 5.40. The molecule has 0 aliphatic rings. The fourth-order valence-corrected chi connectivity index (χ4v) is 1.51. The Labute approximate surface area is 111 Å². The second-order valence-electron chi connectivity index (χ2n) is 4.21. The summed E-state index contributed by atoms with van der Waals surface area (Å²) in [5, 5.41) is 3.12. The first-order chi connectivity index (χ1) is 9.15. The number of nitrogens with two attached hydrogens (primary N) is 1. The van der Waals surface area contributed by atoms with Crippen LogP contribution in [0, 0.1) is 0 Å². The Bertz CT molecular complexity index is 527. The summed E-state index contributed by atoms with van der Waals surface area (Å²) < 4.78 is 0. The molecule has 2 heterocycles. The van der Waals surface area contributed by atoms with Gasteiger partial charge in [-0.25, -0.2) is 0 Å². The quantitative estimate of drug-likeness (QED) is 0.810. The maximum Gasteiger partial charge on any atom is 0.231 e. The Morgan fingerprint density at radius 1 is 1.21 bits per heavy atom. The molecule has 0 saturated carbocycles. The van der Waals surface area contributed by atoms with Crippen molar-refractivity contribution in [2.45, 2.75) is 6.42 Å². The second kappa shape index (κ2) is 5.94. The van der Waals surface area contributed by atoms with E-state index < -0.39 is 0 Å². The molecule has 0 saturated heterocycles. The number of nitrogen functional groups attached to an aromatic ring is 1. The molecule has 0 atom stereocenters. The van der Waals surface area contributed by atoms with Gasteiger partial charge in [-0.3, -0.25) is 4.98 Å². The van der Waals surface area contributed by atoms with E-state index in [2.05, 4.69) is 25.3 Å². The van der Waals surface area contributed by atoms with E-state index in [1.165, 1.54) is 0 Å². The minimum atomic E-state index is 0.207. The third-order valence-corrected chi connectivity index (χ3v) is 2.43. The van der Waals surface area contributed by atoms with E-state index in [1.54, 1.807) is 11.1 Å². The van der Waals surface area contributed by atoms with Crippen LogP contribution in [0.4, 0.5) is 17.8 Å². The lowest BCUT2D eigenvalue weighted by atomic mass is 10.3. The molecule has 2 aromatic rings. The van der Waals surface area contributed by atoms with Crippen LogP contribution in [0.15, 0.2) is 24.4 Å². The molecule has 0 bridgehead atoms. The van der Waals surface area contributed by atoms with Crippen LogP contribution in [0.25, 0.3) is 0 Å². The van der Waals surface area contributed by atoms with Gasteiger partial charge in [0, 0.05) is 39.0 Å². The van der Waals surface area contributed by atoms with E-state index >= 15 is 0 Å². The third kappa shape index (κ3) is 3.77. The fourth-order valence-electron chi connectivity index (χ4n) is 1.51. The van der Waals surface area contributed by atoms with Gasteiger partial charge >= 0.3 is 0 Å². The molecule has 0 spiro atoms. The van der Waals surface area contributed by atoms with E-state index in [1.807, 2.05) is 32.3 Å². The van der Waals surface area contributed by atoms with Crippen LogP contribution in [-0.2, 0) is 6.42 Å². The predicted octanol–water partition coefficient (Wildman–Crippen LogP) is 0.569. The molecule has 0 aliphatic heterocycles. The van der Waals surface area contributed by atoms with Crippen molar-refractivity contribution < 1.29 is 0 Å². The number of hydrogen-bond acceptors (Lipinski definition) is 7. The smallest absolute Gasteiger partial charge is 0.231 e. The maximum atomic E-state index is 5.64. The molecule has 7 heteroatoms. The molecule has 0 fully saturated rings. The zero-order valence-corrected chi connectivity index (χ0v) is 11.0. The highest BCUT2D eigenvalue weighted by Gasteiger charge is 2.05. The summed E-state index contributed by atoms with van der Waals surface area (Å²) in [6.07, 6.45) is 2.57. The summed E-state index contributed by atoms with van der Waals surface area (Å²) in [6.45, 7) is 0.688. The first kappa shape index (κ1) is 13.0. The lowest BCUT2D eigenvalue weighted by Crippen LogP contribution is -2.17. The van der Waals surface area contributed by atoms with Crippen molar-refractivity contribution in [2.75, 3.05) is 36.6 Å². The van der Waals surface area contributed by atoms with Crippen LogP contribution in [-0.4, -0.2) is 40.6 Å². The Morgan fingerprint density at radius 2 is 2.05 bits per heavy atom. The first-order valence-electron chi connectivity index (χ1n) is 5.98. The summed E-state index contributed by atoms with van der Waals surface area (Å²) in [4.78, 5) is 18.4. The Kier molecular flexibility index (Phi) is 4.07. The number of anilines is 3. The topological polar surface area (TPSA) is 92.9 Å². The van der Waals surface area contributed by atoms with Gasteiger partial charge in [0.2, 0.25) is 17.8 Å². The lowest BCUT2D eigenvalue weighted by molar-refractivity contribution is 0.917. The Morgan fingerprint density at radius 3 is 2.74 bits per heavy atom. The highest BCUT2D eigenvalue weighted by Crippen LogP contribution is 2.08. The molecular formula is C12H17N7. The summed E-state index contributed by atoms with van der Waals surface area (Å²) in [6, 6.07) is 5.84. The summed E-state index contributed by atoms with van der Waals surface area (Å²) >= 11 is 0. The number of hydrogen-bond donors (Lipinski definition) is 2. The van der Waals surface area contributed by atoms with Gasteiger partial charge in [0.05, 0.1) is 0 Å². The number of pyridine rings is 1. The van der Waals surface area contributed by atoms with E-state index in [0.29, 0.717) is 18.4 Å². The standard InChI is InChI=1S/C12H17N7/c1-19(2)12-17-10(13)16-11(18-12)15-8-6-9-5-3-4-7-14-9/h3-5,7H,6,8H2,1-2H3,(H3,13,15,16,17,18). The van der Waals surface area contributed by atoms with Crippen molar-refractivity contribution in [2.24, 2.45) is 0 Å². The number of rotatable bonds is 5.